The Hall–Kier alpha value is -2.25. The van der Waals surface area contributed by atoms with E-state index in [1.807, 2.05) is 0 Å². The molecule has 0 unspecified atom stereocenters. The molecule has 88 valence electrons. The van der Waals surface area contributed by atoms with Crippen molar-refractivity contribution in [3.63, 3.8) is 0 Å². The molecule has 2 heterocycles. The lowest BCUT2D eigenvalue weighted by molar-refractivity contribution is -0.141. The highest BCUT2D eigenvalue weighted by Gasteiger charge is 2.32. The van der Waals surface area contributed by atoms with Crippen LogP contribution in [0.4, 0.5) is 24.8 Å². The standard InChI is InChI=1S/C9H6F3N5/c10-9(11,12)7-3-6(1-2-14-7)17-8-15-4-13-5-16-8/h1-5H,(H,13,14,15,16,17). The van der Waals surface area contributed by atoms with Crippen LogP contribution in [0.15, 0.2) is 31.0 Å². The van der Waals surface area contributed by atoms with Crippen LogP contribution in [0.1, 0.15) is 5.69 Å². The molecule has 0 amide bonds. The first-order valence-electron chi connectivity index (χ1n) is 4.48. The molecule has 2 rings (SSSR count). The van der Waals surface area contributed by atoms with Gasteiger partial charge >= 0.3 is 6.18 Å². The van der Waals surface area contributed by atoms with Crippen LogP contribution in [0.3, 0.4) is 0 Å². The Labute approximate surface area is 93.8 Å². The van der Waals surface area contributed by atoms with Gasteiger partial charge in [0, 0.05) is 11.9 Å². The summed E-state index contributed by atoms with van der Waals surface area (Å²) in [4.78, 5) is 14.3. The molecule has 5 nitrogen and oxygen atoms in total. The molecule has 0 atom stereocenters. The summed E-state index contributed by atoms with van der Waals surface area (Å²) in [7, 11) is 0. The maximum atomic E-state index is 12.4. The van der Waals surface area contributed by atoms with Crippen molar-refractivity contribution >= 4 is 11.6 Å². The SMILES string of the molecule is FC(F)(F)c1cc(Nc2ncncn2)ccn1. The molecule has 0 radical (unpaired) electrons. The maximum Gasteiger partial charge on any atom is 0.433 e. The number of nitrogens with zero attached hydrogens (tertiary/aromatic N) is 4. The number of hydrogen-bond donors (Lipinski definition) is 1. The topological polar surface area (TPSA) is 63.6 Å². The molecule has 0 fully saturated rings. The molecule has 1 N–H and O–H groups in total. The van der Waals surface area contributed by atoms with Gasteiger partial charge in [-0.15, -0.1) is 0 Å². The fraction of sp³-hybridized carbons (Fsp3) is 0.111. The van der Waals surface area contributed by atoms with Gasteiger partial charge in [-0.05, 0) is 12.1 Å². The molecule has 2 aromatic rings. The summed E-state index contributed by atoms with van der Waals surface area (Å²) in [6.45, 7) is 0. The number of rotatable bonds is 2. The van der Waals surface area contributed by atoms with Gasteiger partial charge in [0.25, 0.3) is 0 Å². The second-order valence-corrected chi connectivity index (χ2v) is 3.01. The number of pyridine rings is 1. The van der Waals surface area contributed by atoms with E-state index in [1.165, 1.54) is 18.7 Å². The highest BCUT2D eigenvalue weighted by atomic mass is 19.4. The van der Waals surface area contributed by atoms with Gasteiger partial charge in [-0.1, -0.05) is 0 Å². The van der Waals surface area contributed by atoms with E-state index in [2.05, 4.69) is 25.3 Å². The number of alkyl halides is 3. The smallest absolute Gasteiger partial charge is 0.324 e. The highest BCUT2D eigenvalue weighted by Crippen LogP contribution is 2.29. The number of aromatic nitrogens is 4. The second kappa shape index (κ2) is 4.32. The van der Waals surface area contributed by atoms with Crippen LogP contribution in [0.2, 0.25) is 0 Å². The highest BCUT2D eigenvalue weighted by molar-refractivity contribution is 5.52. The Bertz CT molecular complexity index is 499. The molecule has 8 heteroatoms. The Morgan fingerprint density at radius 1 is 1.06 bits per heavy atom. The van der Waals surface area contributed by atoms with E-state index in [9.17, 15) is 13.2 Å². The average Bonchev–Trinajstić information content (AvgIpc) is 2.29. The first kappa shape index (κ1) is 11.2. The first-order valence-corrected chi connectivity index (χ1v) is 4.48. The minimum atomic E-state index is -4.48. The van der Waals surface area contributed by atoms with Crippen LogP contribution in [-0.2, 0) is 6.18 Å². The number of nitrogens with one attached hydrogen (secondary N) is 1. The van der Waals surface area contributed by atoms with Gasteiger partial charge in [-0.2, -0.15) is 13.2 Å². The first-order chi connectivity index (χ1) is 8.05. The van der Waals surface area contributed by atoms with Gasteiger partial charge in [-0.3, -0.25) is 4.98 Å². The van der Waals surface area contributed by atoms with Gasteiger partial charge in [0.1, 0.15) is 18.3 Å². The van der Waals surface area contributed by atoms with Crippen molar-refractivity contribution < 1.29 is 13.2 Å². The van der Waals surface area contributed by atoms with Gasteiger partial charge in [0.05, 0.1) is 0 Å². The molecule has 2 aromatic heterocycles. The third-order valence-electron chi connectivity index (χ3n) is 1.80. The lowest BCUT2D eigenvalue weighted by Crippen LogP contribution is -2.08. The zero-order chi connectivity index (χ0) is 12.3. The monoisotopic (exact) mass is 241 g/mol. The summed E-state index contributed by atoms with van der Waals surface area (Å²) in [6.07, 6.45) is -0.939. The lowest BCUT2D eigenvalue weighted by Gasteiger charge is -2.08. The molecular formula is C9H6F3N5. The van der Waals surface area contributed by atoms with Crippen LogP contribution >= 0.6 is 0 Å². The fourth-order valence-electron chi connectivity index (χ4n) is 1.10. The van der Waals surface area contributed by atoms with Gasteiger partial charge in [0.2, 0.25) is 5.95 Å². The number of anilines is 2. The van der Waals surface area contributed by atoms with Crippen molar-refractivity contribution in [3.8, 4) is 0 Å². The van der Waals surface area contributed by atoms with Crippen LogP contribution in [0, 0.1) is 0 Å². The summed E-state index contributed by atoms with van der Waals surface area (Å²) >= 11 is 0. The summed E-state index contributed by atoms with van der Waals surface area (Å²) in [5.41, 5.74) is -0.768. The van der Waals surface area contributed by atoms with E-state index < -0.39 is 11.9 Å². The van der Waals surface area contributed by atoms with Crippen LogP contribution < -0.4 is 5.32 Å². The quantitative estimate of drug-likeness (QED) is 0.871. The summed E-state index contributed by atoms with van der Waals surface area (Å²) < 4.78 is 37.1. The average molecular weight is 241 g/mol. The largest absolute Gasteiger partial charge is 0.433 e. The van der Waals surface area contributed by atoms with E-state index in [1.54, 1.807) is 0 Å². The van der Waals surface area contributed by atoms with Crippen molar-refractivity contribution in [3.05, 3.63) is 36.7 Å². The Morgan fingerprint density at radius 3 is 2.41 bits per heavy atom. The minimum Gasteiger partial charge on any atom is -0.324 e. The molecule has 17 heavy (non-hydrogen) atoms. The number of hydrogen-bond acceptors (Lipinski definition) is 5. The van der Waals surface area contributed by atoms with Crippen molar-refractivity contribution in [2.45, 2.75) is 6.18 Å². The molecule has 0 saturated heterocycles. The zero-order valence-corrected chi connectivity index (χ0v) is 8.31. The third kappa shape index (κ3) is 2.86. The minimum absolute atomic E-state index is 0.166. The predicted molar refractivity (Wildman–Crippen MR) is 52.3 cm³/mol. The van der Waals surface area contributed by atoms with E-state index >= 15 is 0 Å². The van der Waals surface area contributed by atoms with Crippen molar-refractivity contribution in [2.24, 2.45) is 0 Å². The normalized spacial score (nSPS) is 11.2. The molecule has 0 aliphatic rings. The second-order valence-electron chi connectivity index (χ2n) is 3.01. The summed E-state index contributed by atoms with van der Waals surface area (Å²) in [6, 6.07) is 2.27. The van der Waals surface area contributed by atoms with E-state index in [-0.39, 0.29) is 11.6 Å². The summed E-state index contributed by atoms with van der Waals surface area (Å²) in [5.74, 6) is 0.166. The molecule has 0 aromatic carbocycles. The van der Waals surface area contributed by atoms with Gasteiger partial charge in [0.15, 0.2) is 0 Å². The van der Waals surface area contributed by atoms with Crippen LogP contribution in [0.5, 0.6) is 0 Å². The van der Waals surface area contributed by atoms with Crippen molar-refractivity contribution in [1.29, 1.82) is 0 Å². The fourth-order valence-corrected chi connectivity index (χ4v) is 1.10. The van der Waals surface area contributed by atoms with E-state index in [0.717, 1.165) is 12.3 Å². The summed E-state index contributed by atoms with van der Waals surface area (Å²) in [5, 5.41) is 2.61. The Balaban J connectivity index is 2.23. The molecule has 0 spiro atoms. The van der Waals surface area contributed by atoms with Crippen LogP contribution in [-0.4, -0.2) is 19.9 Å². The molecular weight excluding hydrogens is 235 g/mol. The van der Waals surface area contributed by atoms with E-state index in [4.69, 9.17) is 0 Å². The maximum absolute atomic E-state index is 12.4. The third-order valence-corrected chi connectivity index (χ3v) is 1.80. The van der Waals surface area contributed by atoms with Crippen molar-refractivity contribution in [1.82, 2.24) is 19.9 Å². The lowest BCUT2D eigenvalue weighted by atomic mass is 10.3. The zero-order valence-electron chi connectivity index (χ0n) is 8.31. The Morgan fingerprint density at radius 2 is 1.76 bits per heavy atom. The van der Waals surface area contributed by atoms with E-state index in [0.29, 0.717) is 0 Å². The molecule has 0 aliphatic carbocycles. The molecule has 0 aliphatic heterocycles. The Kier molecular flexibility index (Phi) is 2.86. The van der Waals surface area contributed by atoms with Gasteiger partial charge in [-0.25, -0.2) is 15.0 Å². The molecule has 0 saturated carbocycles. The van der Waals surface area contributed by atoms with Gasteiger partial charge < -0.3 is 5.32 Å². The van der Waals surface area contributed by atoms with Crippen molar-refractivity contribution in [2.75, 3.05) is 5.32 Å². The number of halogens is 3. The predicted octanol–water partition coefficient (Wildman–Crippen LogP) is 2.03. The van der Waals surface area contributed by atoms with Crippen LogP contribution in [0.25, 0.3) is 0 Å². The molecule has 0 bridgehead atoms.